The summed E-state index contributed by atoms with van der Waals surface area (Å²) in [6, 6.07) is 0. The Balaban J connectivity index is 3.28. The second kappa shape index (κ2) is 4.52. The molecule has 3 N–H and O–H groups in total. The van der Waals surface area contributed by atoms with E-state index in [1.807, 2.05) is 0 Å². The van der Waals surface area contributed by atoms with Crippen molar-refractivity contribution in [3.05, 3.63) is 21.9 Å². The molecule has 0 amide bonds. The monoisotopic (exact) mass is 280 g/mol. The van der Waals surface area contributed by atoms with Crippen LogP contribution in [0.25, 0.3) is 0 Å². The standard InChI is InChI=1S/C8H7BrF2N2O2/c9-7-6(12)3(1-5(14)15)4(2-13-7)8(10)11/h2,8H,1,12H2,(H,14,15). The zero-order valence-corrected chi connectivity index (χ0v) is 8.96. The number of hydrogen-bond donors (Lipinski definition) is 2. The minimum Gasteiger partial charge on any atom is -0.481 e. The number of halogens is 3. The van der Waals surface area contributed by atoms with Crippen molar-refractivity contribution in [2.24, 2.45) is 0 Å². The van der Waals surface area contributed by atoms with Crippen molar-refractivity contribution < 1.29 is 18.7 Å². The van der Waals surface area contributed by atoms with Crippen LogP contribution >= 0.6 is 15.9 Å². The first-order valence-electron chi connectivity index (χ1n) is 3.86. The summed E-state index contributed by atoms with van der Waals surface area (Å²) >= 11 is 2.95. The van der Waals surface area contributed by atoms with Gasteiger partial charge in [-0.2, -0.15) is 0 Å². The Morgan fingerprint density at radius 1 is 1.67 bits per heavy atom. The van der Waals surface area contributed by atoms with E-state index in [2.05, 4.69) is 20.9 Å². The van der Waals surface area contributed by atoms with Gasteiger partial charge in [-0.05, 0) is 21.5 Å². The highest BCUT2D eigenvalue weighted by Crippen LogP contribution is 2.30. The first kappa shape index (κ1) is 11.8. The number of aromatic nitrogens is 1. The number of hydrogen-bond acceptors (Lipinski definition) is 3. The molecule has 82 valence electrons. The minimum absolute atomic E-state index is 0.0600. The predicted molar refractivity (Wildman–Crippen MR) is 52.6 cm³/mol. The van der Waals surface area contributed by atoms with E-state index < -0.39 is 24.4 Å². The Kier molecular flexibility index (Phi) is 3.57. The summed E-state index contributed by atoms with van der Waals surface area (Å²) in [6.07, 6.45) is -2.42. The molecule has 0 saturated heterocycles. The van der Waals surface area contributed by atoms with Gasteiger partial charge in [-0.15, -0.1) is 0 Å². The summed E-state index contributed by atoms with van der Waals surface area (Å²) in [4.78, 5) is 14.1. The van der Waals surface area contributed by atoms with Crippen LogP contribution in [0.1, 0.15) is 17.6 Å². The van der Waals surface area contributed by atoms with E-state index in [1.54, 1.807) is 0 Å². The lowest BCUT2D eigenvalue weighted by Crippen LogP contribution is -2.09. The number of aliphatic carboxylic acids is 1. The van der Waals surface area contributed by atoms with Gasteiger partial charge in [-0.1, -0.05) is 0 Å². The van der Waals surface area contributed by atoms with Gasteiger partial charge in [0.05, 0.1) is 12.1 Å². The highest BCUT2D eigenvalue weighted by atomic mass is 79.9. The van der Waals surface area contributed by atoms with Crippen molar-refractivity contribution in [2.45, 2.75) is 12.8 Å². The van der Waals surface area contributed by atoms with Crippen LogP contribution in [-0.2, 0) is 11.2 Å². The van der Waals surface area contributed by atoms with E-state index in [0.717, 1.165) is 6.20 Å². The number of carbonyl (C=O) groups is 1. The maximum absolute atomic E-state index is 12.5. The Morgan fingerprint density at radius 2 is 2.27 bits per heavy atom. The van der Waals surface area contributed by atoms with Crippen LogP contribution in [-0.4, -0.2) is 16.1 Å². The Morgan fingerprint density at radius 3 is 2.73 bits per heavy atom. The normalized spacial score (nSPS) is 10.7. The Labute approximate surface area is 92.2 Å². The fourth-order valence-electron chi connectivity index (χ4n) is 1.09. The largest absolute Gasteiger partial charge is 0.481 e. The van der Waals surface area contributed by atoms with Crippen LogP contribution in [0, 0.1) is 0 Å². The molecule has 1 aromatic rings. The molecule has 0 unspecified atom stereocenters. The molecule has 0 spiro atoms. The van der Waals surface area contributed by atoms with Crippen molar-refractivity contribution in [3.8, 4) is 0 Å². The van der Waals surface area contributed by atoms with Crippen LogP contribution in [0.4, 0.5) is 14.5 Å². The molecule has 7 heteroatoms. The smallest absolute Gasteiger partial charge is 0.307 e. The summed E-state index contributed by atoms with van der Waals surface area (Å²) < 4.78 is 25.1. The van der Waals surface area contributed by atoms with Gasteiger partial charge in [-0.25, -0.2) is 13.8 Å². The summed E-state index contributed by atoms with van der Waals surface area (Å²) in [5, 5.41) is 8.55. The molecular weight excluding hydrogens is 274 g/mol. The molecule has 15 heavy (non-hydrogen) atoms. The summed E-state index contributed by atoms with van der Waals surface area (Å²) in [5.74, 6) is -1.22. The molecule has 0 aliphatic heterocycles. The van der Waals surface area contributed by atoms with Gasteiger partial charge in [-0.3, -0.25) is 4.79 Å². The first-order chi connectivity index (χ1) is 6.93. The van der Waals surface area contributed by atoms with E-state index in [1.165, 1.54) is 0 Å². The lowest BCUT2D eigenvalue weighted by molar-refractivity contribution is -0.136. The van der Waals surface area contributed by atoms with Gasteiger partial charge >= 0.3 is 5.97 Å². The molecule has 0 aliphatic rings. The molecule has 1 rings (SSSR count). The molecule has 0 saturated carbocycles. The van der Waals surface area contributed by atoms with Crippen LogP contribution in [0.5, 0.6) is 0 Å². The third-order valence-electron chi connectivity index (χ3n) is 1.78. The molecule has 1 heterocycles. The van der Waals surface area contributed by atoms with Gasteiger partial charge in [0.25, 0.3) is 6.43 Å². The topological polar surface area (TPSA) is 76.2 Å². The average Bonchev–Trinajstić information content (AvgIpc) is 2.12. The third-order valence-corrected chi connectivity index (χ3v) is 2.41. The number of nitrogens with two attached hydrogens (primary N) is 1. The highest BCUT2D eigenvalue weighted by molar-refractivity contribution is 9.10. The minimum atomic E-state index is -2.79. The molecule has 0 fully saturated rings. The van der Waals surface area contributed by atoms with Crippen LogP contribution in [0.2, 0.25) is 0 Å². The quantitative estimate of drug-likeness (QED) is 0.831. The van der Waals surface area contributed by atoms with E-state index in [4.69, 9.17) is 10.8 Å². The molecule has 4 nitrogen and oxygen atoms in total. The van der Waals surface area contributed by atoms with Crippen LogP contribution < -0.4 is 5.73 Å². The lowest BCUT2D eigenvalue weighted by atomic mass is 10.1. The zero-order chi connectivity index (χ0) is 11.6. The van der Waals surface area contributed by atoms with Crippen molar-refractivity contribution in [1.82, 2.24) is 4.98 Å². The summed E-state index contributed by atoms with van der Waals surface area (Å²) in [5.41, 5.74) is 4.86. The Bertz CT molecular complexity index is 398. The first-order valence-corrected chi connectivity index (χ1v) is 4.65. The second-order valence-corrected chi connectivity index (χ2v) is 3.52. The molecule has 0 bridgehead atoms. The number of rotatable bonds is 3. The SMILES string of the molecule is Nc1c(Br)ncc(C(F)F)c1CC(=O)O. The molecule has 0 aromatic carbocycles. The number of nitrogen functional groups attached to an aromatic ring is 1. The van der Waals surface area contributed by atoms with Crippen LogP contribution in [0.15, 0.2) is 10.8 Å². The van der Waals surface area contributed by atoms with E-state index in [-0.39, 0.29) is 15.9 Å². The average molecular weight is 281 g/mol. The van der Waals surface area contributed by atoms with Crippen molar-refractivity contribution in [2.75, 3.05) is 5.73 Å². The molecule has 0 aliphatic carbocycles. The number of alkyl halides is 2. The molecular formula is C8H7BrF2N2O2. The van der Waals surface area contributed by atoms with Crippen molar-refractivity contribution in [3.63, 3.8) is 0 Å². The third kappa shape index (κ3) is 2.62. The van der Waals surface area contributed by atoms with Crippen LogP contribution in [0.3, 0.4) is 0 Å². The predicted octanol–water partition coefficient (Wildman–Crippen LogP) is 1.99. The maximum Gasteiger partial charge on any atom is 0.307 e. The summed E-state index contributed by atoms with van der Waals surface area (Å²) in [6.45, 7) is 0. The lowest BCUT2D eigenvalue weighted by Gasteiger charge is -2.10. The number of anilines is 1. The fourth-order valence-corrected chi connectivity index (χ4v) is 1.43. The number of pyridine rings is 1. The molecule has 0 radical (unpaired) electrons. The number of carboxylic acid groups (broad SMARTS) is 1. The van der Waals surface area contributed by atoms with Gasteiger partial charge in [0, 0.05) is 11.8 Å². The van der Waals surface area contributed by atoms with E-state index >= 15 is 0 Å². The fraction of sp³-hybridized carbons (Fsp3) is 0.250. The maximum atomic E-state index is 12.5. The molecule has 1 aromatic heterocycles. The zero-order valence-electron chi connectivity index (χ0n) is 7.38. The second-order valence-electron chi connectivity index (χ2n) is 2.77. The van der Waals surface area contributed by atoms with Crippen molar-refractivity contribution >= 4 is 27.6 Å². The number of nitrogens with zero attached hydrogens (tertiary/aromatic N) is 1. The highest BCUT2D eigenvalue weighted by Gasteiger charge is 2.19. The van der Waals surface area contributed by atoms with E-state index in [9.17, 15) is 13.6 Å². The van der Waals surface area contributed by atoms with Gasteiger partial charge in [0.2, 0.25) is 0 Å². The summed E-state index contributed by atoms with van der Waals surface area (Å²) in [7, 11) is 0. The van der Waals surface area contributed by atoms with Gasteiger partial charge in [0.15, 0.2) is 0 Å². The van der Waals surface area contributed by atoms with Gasteiger partial charge < -0.3 is 10.8 Å². The van der Waals surface area contributed by atoms with Crippen molar-refractivity contribution in [1.29, 1.82) is 0 Å². The van der Waals surface area contributed by atoms with E-state index in [0.29, 0.717) is 0 Å². The van der Waals surface area contributed by atoms with Gasteiger partial charge in [0.1, 0.15) is 4.60 Å². The Hall–Kier alpha value is -1.24. The molecule has 0 atom stereocenters. The number of carboxylic acids is 1.